The van der Waals surface area contributed by atoms with E-state index in [1.807, 2.05) is 24.3 Å². The minimum absolute atomic E-state index is 0.0776. The van der Waals surface area contributed by atoms with Crippen molar-refractivity contribution in [3.8, 4) is 11.3 Å². The van der Waals surface area contributed by atoms with Gasteiger partial charge in [-0.05, 0) is 86.5 Å². The molecule has 1 saturated heterocycles. The zero-order valence-electron chi connectivity index (χ0n) is 24.2. The third-order valence-electron chi connectivity index (χ3n) is 7.38. The molecular formula is C33H33F3N6O2. The lowest BCUT2D eigenvalue weighted by Crippen LogP contribution is -2.29. The largest absolute Gasteiger partial charge is 0.416 e. The predicted molar refractivity (Wildman–Crippen MR) is 163 cm³/mol. The Bertz CT molecular complexity index is 1640. The Balaban J connectivity index is 1.41. The van der Waals surface area contributed by atoms with E-state index in [2.05, 4.69) is 30.8 Å². The number of nitrogens with one attached hydrogen (secondary N) is 3. The van der Waals surface area contributed by atoms with Gasteiger partial charge in [-0.3, -0.25) is 14.6 Å². The number of hydrogen-bond donors (Lipinski definition) is 3. The summed E-state index contributed by atoms with van der Waals surface area (Å²) in [5.41, 5.74) is 3.40. The number of hydrogen-bond acceptors (Lipinski definition) is 6. The van der Waals surface area contributed by atoms with E-state index < -0.39 is 17.6 Å². The van der Waals surface area contributed by atoms with Gasteiger partial charge >= 0.3 is 6.18 Å². The van der Waals surface area contributed by atoms with Crippen molar-refractivity contribution in [2.75, 3.05) is 30.4 Å². The van der Waals surface area contributed by atoms with E-state index in [4.69, 9.17) is 0 Å². The molecule has 3 heterocycles. The topological polar surface area (TPSA) is 99.2 Å². The van der Waals surface area contributed by atoms with Crippen LogP contribution in [0, 0.1) is 0 Å². The Kier molecular flexibility index (Phi) is 9.54. The molecule has 1 aliphatic heterocycles. The van der Waals surface area contributed by atoms with E-state index in [0.717, 1.165) is 49.4 Å². The predicted octanol–water partition coefficient (Wildman–Crippen LogP) is 6.05. The van der Waals surface area contributed by atoms with Crippen LogP contribution >= 0.6 is 0 Å². The van der Waals surface area contributed by atoms with Gasteiger partial charge in [0.1, 0.15) is 5.69 Å². The molecule has 11 heteroatoms. The fourth-order valence-corrected chi connectivity index (χ4v) is 5.14. The van der Waals surface area contributed by atoms with Gasteiger partial charge in [-0.1, -0.05) is 18.2 Å². The second kappa shape index (κ2) is 13.7. The van der Waals surface area contributed by atoms with Crippen molar-refractivity contribution in [2.45, 2.75) is 38.5 Å². The van der Waals surface area contributed by atoms with E-state index in [0.29, 0.717) is 29.1 Å². The van der Waals surface area contributed by atoms with Crippen LogP contribution in [0.1, 0.15) is 56.9 Å². The summed E-state index contributed by atoms with van der Waals surface area (Å²) >= 11 is 0. The maximum absolute atomic E-state index is 13.3. The number of alkyl halides is 3. The number of carbonyl (C=O) groups excluding carboxylic acids is 2. The number of nitrogens with zero attached hydrogens (tertiary/aromatic N) is 3. The van der Waals surface area contributed by atoms with Gasteiger partial charge in [-0.2, -0.15) is 13.2 Å². The lowest BCUT2D eigenvalue weighted by Gasteiger charge is -2.29. The molecule has 0 spiro atoms. The van der Waals surface area contributed by atoms with Crippen LogP contribution in [0.15, 0.2) is 79.0 Å². The molecule has 1 fully saturated rings. The van der Waals surface area contributed by atoms with Gasteiger partial charge in [-0.25, -0.2) is 4.98 Å². The molecule has 0 saturated carbocycles. The van der Waals surface area contributed by atoms with Crippen LogP contribution in [0.4, 0.5) is 24.5 Å². The second-order valence-electron chi connectivity index (χ2n) is 10.6. The van der Waals surface area contributed by atoms with Crippen LogP contribution in [-0.4, -0.2) is 41.9 Å². The maximum Gasteiger partial charge on any atom is 0.416 e. The number of aromatic nitrogens is 2. The van der Waals surface area contributed by atoms with Crippen molar-refractivity contribution < 1.29 is 22.8 Å². The Morgan fingerprint density at radius 2 is 1.68 bits per heavy atom. The monoisotopic (exact) mass is 602 g/mol. The Hall–Kier alpha value is -4.77. The molecule has 2 amide bonds. The minimum atomic E-state index is -4.47. The molecule has 0 atom stereocenters. The van der Waals surface area contributed by atoms with Gasteiger partial charge < -0.3 is 20.9 Å². The number of carbonyl (C=O) groups is 2. The van der Waals surface area contributed by atoms with Crippen LogP contribution in [0.5, 0.6) is 0 Å². The van der Waals surface area contributed by atoms with Crippen LogP contribution in [-0.2, 0) is 19.3 Å². The maximum atomic E-state index is 13.3. The van der Waals surface area contributed by atoms with E-state index in [-0.39, 0.29) is 23.7 Å². The lowest BCUT2D eigenvalue weighted by atomic mass is 10.0. The van der Waals surface area contributed by atoms with Gasteiger partial charge in [0.2, 0.25) is 0 Å². The number of halogens is 3. The molecule has 5 rings (SSSR count). The first kappa shape index (κ1) is 30.7. The molecule has 44 heavy (non-hydrogen) atoms. The summed E-state index contributed by atoms with van der Waals surface area (Å²) in [6.07, 6.45) is 0.374. The van der Waals surface area contributed by atoms with Crippen molar-refractivity contribution in [2.24, 2.45) is 0 Å². The quantitative estimate of drug-likeness (QED) is 0.216. The highest BCUT2D eigenvalue weighted by Crippen LogP contribution is 2.33. The first-order valence-electron chi connectivity index (χ1n) is 14.4. The van der Waals surface area contributed by atoms with Crippen LogP contribution < -0.4 is 20.9 Å². The van der Waals surface area contributed by atoms with Crippen LogP contribution in [0.3, 0.4) is 0 Å². The highest BCUT2D eigenvalue weighted by Gasteiger charge is 2.30. The Morgan fingerprint density at radius 3 is 2.45 bits per heavy atom. The number of piperidine rings is 1. The van der Waals surface area contributed by atoms with Crippen molar-refractivity contribution in [3.05, 3.63) is 107 Å². The molecule has 8 nitrogen and oxygen atoms in total. The fraction of sp³-hybridized carbons (Fsp3) is 0.273. The molecule has 228 valence electrons. The zero-order valence-corrected chi connectivity index (χ0v) is 24.2. The van der Waals surface area contributed by atoms with Crippen molar-refractivity contribution in [3.63, 3.8) is 0 Å². The third kappa shape index (κ3) is 7.59. The fourth-order valence-electron chi connectivity index (χ4n) is 5.14. The van der Waals surface area contributed by atoms with E-state index in [1.54, 1.807) is 25.2 Å². The number of amides is 2. The van der Waals surface area contributed by atoms with Gasteiger partial charge in [0, 0.05) is 49.2 Å². The molecule has 1 aliphatic rings. The number of rotatable bonds is 9. The molecule has 0 unspecified atom stereocenters. The van der Waals surface area contributed by atoms with Crippen molar-refractivity contribution in [1.29, 1.82) is 0 Å². The minimum Gasteiger partial charge on any atom is -0.372 e. The number of pyridine rings is 2. The van der Waals surface area contributed by atoms with Gasteiger partial charge in [-0.15, -0.1) is 0 Å². The van der Waals surface area contributed by atoms with Gasteiger partial charge in [0.05, 0.1) is 22.6 Å². The third-order valence-corrected chi connectivity index (χ3v) is 7.38. The Labute approximate surface area is 253 Å². The highest BCUT2D eigenvalue weighted by atomic mass is 19.4. The normalized spacial score (nSPS) is 13.4. The van der Waals surface area contributed by atoms with Crippen LogP contribution in [0.25, 0.3) is 11.3 Å². The summed E-state index contributed by atoms with van der Waals surface area (Å²) in [4.78, 5) is 37.6. The summed E-state index contributed by atoms with van der Waals surface area (Å²) in [6.45, 7) is 2.27. The first-order chi connectivity index (χ1) is 21.2. The van der Waals surface area contributed by atoms with Crippen molar-refractivity contribution >= 4 is 23.2 Å². The molecule has 3 N–H and O–H groups in total. The summed E-state index contributed by atoms with van der Waals surface area (Å²) in [5.74, 6) is -0.848. The van der Waals surface area contributed by atoms with Crippen LogP contribution in [0.2, 0.25) is 0 Å². The zero-order chi connectivity index (χ0) is 31.1. The standard InChI is InChI=1S/C33H33F3N6O2/c1-37-21-25-9-6-10-29(40-25)32(44)41-28-12-11-26(42-15-3-2-4-16-42)19-27(28)30-18-23(13-14-38-30)31(43)39-20-22-7-5-8-24(17-22)33(34,35)36/h5-14,17-19,37H,2-4,15-16,20-21H2,1H3,(H,39,43)(H,41,44). The summed E-state index contributed by atoms with van der Waals surface area (Å²) in [5, 5.41) is 8.68. The van der Waals surface area contributed by atoms with E-state index in [1.165, 1.54) is 30.8 Å². The Morgan fingerprint density at radius 1 is 0.886 bits per heavy atom. The van der Waals surface area contributed by atoms with Gasteiger partial charge in [0.25, 0.3) is 11.8 Å². The molecule has 2 aromatic carbocycles. The smallest absolute Gasteiger partial charge is 0.372 e. The molecule has 4 aromatic rings. The van der Waals surface area contributed by atoms with Crippen molar-refractivity contribution in [1.82, 2.24) is 20.6 Å². The second-order valence-corrected chi connectivity index (χ2v) is 10.6. The number of benzene rings is 2. The molecule has 0 radical (unpaired) electrons. The number of anilines is 2. The molecule has 0 aliphatic carbocycles. The van der Waals surface area contributed by atoms with E-state index in [9.17, 15) is 22.8 Å². The SMILES string of the molecule is CNCc1cccc(C(=O)Nc2ccc(N3CCCCC3)cc2-c2cc(C(=O)NCc3cccc(C(F)(F)F)c3)ccn2)n1. The van der Waals surface area contributed by atoms with Gasteiger partial charge in [0.15, 0.2) is 0 Å². The molecule has 0 bridgehead atoms. The highest BCUT2D eigenvalue weighted by molar-refractivity contribution is 6.05. The first-order valence-corrected chi connectivity index (χ1v) is 14.4. The molecule has 2 aromatic heterocycles. The summed E-state index contributed by atoms with van der Waals surface area (Å²) < 4.78 is 39.3. The summed E-state index contributed by atoms with van der Waals surface area (Å²) in [6, 6.07) is 19.0. The average molecular weight is 603 g/mol. The van der Waals surface area contributed by atoms with E-state index >= 15 is 0 Å². The lowest BCUT2D eigenvalue weighted by molar-refractivity contribution is -0.137. The summed E-state index contributed by atoms with van der Waals surface area (Å²) in [7, 11) is 1.80. The average Bonchev–Trinajstić information content (AvgIpc) is 3.04. The molecular weight excluding hydrogens is 569 g/mol.